The minimum atomic E-state index is 0. The van der Waals surface area contributed by atoms with Gasteiger partial charge in [-0.3, -0.25) is 0 Å². The number of hydrogen-bond acceptors (Lipinski definition) is 0. The predicted molar refractivity (Wildman–Crippen MR) is 111 cm³/mol. The predicted octanol–water partition coefficient (Wildman–Crippen LogP) is 3.57. The maximum Gasteiger partial charge on any atom is 0.0768 e. The summed E-state index contributed by atoms with van der Waals surface area (Å²) < 4.78 is 0. The van der Waals surface area contributed by atoms with E-state index in [0.29, 0.717) is 0 Å². The summed E-state index contributed by atoms with van der Waals surface area (Å²) >= 11 is 0. The van der Waals surface area contributed by atoms with Crippen LogP contribution < -0.4 is 21.9 Å². The van der Waals surface area contributed by atoms with Gasteiger partial charge in [0.2, 0.25) is 0 Å². The highest BCUT2D eigenvalue weighted by molar-refractivity contribution is 4.48. The van der Waals surface area contributed by atoms with Crippen molar-refractivity contribution < 1.29 is 21.9 Å². The van der Waals surface area contributed by atoms with Gasteiger partial charge in [-0.15, -0.1) is 0 Å². The van der Waals surface area contributed by atoms with Crippen LogP contribution in [0.1, 0.15) is 129 Å². The van der Waals surface area contributed by atoms with E-state index in [1.165, 1.54) is 129 Å². The van der Waals surface area contributed by atoms with E-state index in [4.69, 9.17) is 0 Å². The van der Waals surface area contributed by atoms with Gasteiger partial charge in [-0.1, -0.05) is 104 Å². The van der Waals surface area contributed by atoms with Gasteiger partial charge in [0, 0.05) is 0 Å². The third kappa shape index (κ3) is 24.4. The summed E-state index contributed by atoms with van der Waals surface area (Å²) in [5.74, 6) is 0. The molecule has 0 aliphatic carbocycles. The molecule has 25 heavy (non-hydrogen) atoms. The molecule has 0 heterocycles. The second kappa shape index (κ2) is 24.4. The molecule has 0 amide bonds. The molecule has 0 rings (SSSR count). The second-order valence-electron chi connectivity index (χ2n) is 8.11. The van der Waals surface area contributed by atoms with Crippen LogP contribution in [0.25, 0.3) is 0 Å². The van der Waals surface area contributed by atoms with Crippen LogP contribution in [0.3, 0.4) is 0 Å². The fourth-order valence-electron chi connectivity index (χ4n) is 3.60. The van der Waals surface area contributed by atoms with E-state index in [1.54, 1.807) is 4.90 Å². The molecule has 0 aromatic rings. The summed E-state index contributed by atoms with van der Waals surface area (Å²) in [7, 11) is 2.40. The topological polar surface area (TPSA) is 4.44 Å². The fourth-order valence-corrected chi connectivity index (χ4v) is 3.60. The number of hydrogen-bond donors (Lipinski definition) is 1. The maximum absolute atomic E-state index is 2.40. The van der Waals surface area contributed by atoms with Gasteiger partial charge >= 0.3 is 0 Å². The normalized spacial score (nSPS) is 11.0. The molecule has 0 aromatic carbocycles. The Morgan fingerprint density at radius 1 is 0.400 bits per heavy atom. The summed E-state index contributed by atoms with van der Waals surface area (Å²) in [5.41, 5.74) is 0. The lowest BCUT2D eigenvalue weighted by Crippen LogP contribution is -3.09. The molecule has 0 saturated carbocycles. The summed E-state index contributed by atoms with van der Waals surface area (Å²) in [4.78, 5) is 1.76. The zero-order valence-corrected chi connectivity index (χ0v) is 19.6. The quantitative estimate of drug-likeness (QED) is 0.287. The van der Waals surface area contributed by atoms with Gasteiger partial charge in [0.25, 0.3) is 0 Å². The van der Waals surface area contributed by atoms with Crippen molar-refractivity contribution in [3.05, 3.63) is 0 Å². The van der Waals surface area contributed by atoms with Crippen LogP contribution >= 0.6 is 0 Å². The Bertz CT molecular complexity index is 198. The molecule has 0 fully saturated rings. The summed E-state index contributed by atoms with van der Waals surface area (Å²) in [6.07, 6.45) is 26.1. The summed E-state index contributed by atoms with van der Waals surface area (Å²) in [6.45, 7) is 7.39. The molecule has 0 aliphatic heterocycles. The highest BCUT2D eigenvalue weighted by Gasteiger charge is 2.01. The first-order valence-corrected chi connectivity index (χ1v) is 11.6. The van der Waals surface area contributed by atoms with Crippen molar-refractivity contribution in [3.63, 3.8) is 0 Å². The van der Waals surface area contributed by atoms with Crippen molar-refractivity contribution in [2.75, 3.05) is 20.1 Å². The van der Waals surface area contributed by atoms with Gasteiger partial charge in [-0.2, -0.15) is 0 Å². The van der Waals surface area contributed by atoms with Crippen LogP contribution in [-0.2, 0) is 0 Å². The second-order valence-corrected chi connectivity index (χ2v) is 8.11. The molecule has 1 nitrogen and oxygen atoms in total. The first-order chi connectivity index (χ1) is 11.8. The zero-order chi connectivity index (χ0) is 17.7. The van der Waals surface area contributed by atoms with Gasteiger partial charge in [0.05, 0.1) is 20.1 Å². The zero-order valence-electron chi connectivity index (χ0n) is 18.0. The molecule has 0 atom stereocenters. The molecule has 0 aromatic heterocycles. The molecule has 0 unspecified atom stereocenters. The molecule has 0 saturated heterocycles. The van der Waals surface area contributed by atoms with Crippen molar-refractivity contribution in [1.29, 1.82) is 0 Å². The van der Waals surface area contributed by atoms with Crippen molar-refractivity contribution >= 4 is 0 Å². The van der Waals surface area contributed by atoms with Crippen molar-refractivity contribution in [3.8, 4) is 0 Å². The Hall–Kier alpha value is 0.440. The highest BCUT2D eigenvalue weighted by atomic mass is 79.9. The van der Waals surface area contributed by atoms with Gasteiger partial charge < -0.3 is 21.9 Å². The van der Waals surface area contributed by atoms with Crippen LogP contribution in [0.15, 0.2) is 0 Å². The Morgan fingerprint density at radius 3 is 0.920 bits per heavy atom. The molecule has 0 aliphatic rings. The third-order valence-electron chi connectivity index (χ3n) is 5.41. The maximum atomic E-state index is 2.40. The SMILES string of the molecule is CCCCCCCCCCC[NH+](C)CCCCCCCCCCC.[Br-]. The van der Waals surface area contributed by atoms with Gasteiger partial charge in [0.15, 0.2) is 0 Å². The van der Waals surface area contributed by atoms with E-state index in [2.05, 4.69) is 20.9 Å². The molecule has 1 N–H and O–H groups in total. The lowest BCUT2D eigenvalue weighted by molar-refractivity contribution is -0.880. The minimum Gasteiger partial charge on any atom is -1.00 e. The van der Waals surface area contributed by atoms with E-state index in [-0.39, 0.29) is 17.0 Å². The van der Waals surface area contributed by atoms with Crippen LogP contribution in [-0.4, -0.2) is 20.1 Å². The van der Waals surface area contributed by atoms with Crippen LogP contribution in [0.2, 0.25) is 0 Å². The minimum absolute atomic E-state index is 0. The lowest BCUT2D eigenvalue weighted by Gasteiger charge is -2.13. The van der Waals surface area contributed by atoms with Crippen molar-refractivity contribution in [2.24, 2.45) is 0 Å². The van der Waals surface area contributed by atoms with Crippen molar-refractivity contribution in [2.45, 2.75) is 129 Å². The summed E-state index contributed by atoms with van der Waals surface area (Å²) in [6, 6.07) is 0. The standard InChI is InChI=1S/C23H49N.BrH/c1-4-6-8-10-12-14-16-18-20-22-24(3)23-21-19-17-15-13-11-9-7-5-2;/h4-23H2,1-3H3;1H. The monoisotopic (exact) mass is 419 g/mol. The van der Waals surface area contributed by atoms with Gasteiger partial charge in [-0.05, 0) is 25.7 Å². The number of rotatable bonds is 20. The Balaban J connectivity index is 0. The molecular weight excluding hydrogens is 370 g/mol. The number of nitrogens with one attached hydrogen (secondary N) is 1. The van der Waals surface area contributed by atoms with E-state index in [9.17, 15) is 0 Å². The molecule has 0 spiro atoms. The molecule has 0 bridgehead atoms. The van der Waals surface area contributed by atoms with Gasteiger partial charge in [0.1, 0.15) is 0 Å². The number of halogens is 1. The van der Waals surface area contributed by atoms with E-state index < -0.39 is 0 Å². The Morgan fingerprint density at radius 2 is 0.640 bits per heavy atom. The smallest absolute Gasteiger partial charge is 0.0768 e. The summed E-state index contributed by atoms with van der Waals surface area (Å²) in [5, 5.41) is 0. The fraction of sp³-hybridized carbons (Fsp3) is 1.00. The van der Waals surface area contributed by atoms with Crippen LogP contribution in [0.4, 0.5) is 0 Å². The highest BCUT2D eigenvalue weighted by Crippen LogP contribution is 2.10. The molecule has 2 heteroatoms. The lowest BCUT2D eigenvalue weighted by atomic mass is 10.1. The Kier molecular flexibility index (Phi) is 27.0. The van der Waals surface area contributed by atoms with Gasteiger partial charge in [-0.25, -0.2) is 0 Å². The van der Waals surface area contributed by atoms with Crippen LogP contribution in [0.5, 0.6) is 0 Å². The first kappa shape index (κ1) is 27.7. The number of unbranched alkanes of at least 4 members (excludes halogenated alkanes) is 16. The van der Waals surface area contributed by atoms with E-state index in [1.807, 2.05) is 0 Å². The average molecular weight is 421 g/mol. The largest absolute Gasteiger partial charge is 1.00 e. The third-order valence-corrected chi connectivity index (χ3v) is 5.41. The number of quaternary nitrogens is 1. The Labute approximate surface area is 171 Å². The molecular formula is C23H50BrN. The van der Waals surface area contributed by atoms with Crippen LogP contribution in [0, 0.1) is 0 Å². The average Bonchev–Trinajstić information content (AvgIpc) is 2.59. The van der Waals surface area contributed by atoms with Crippen molar-refractivity contribution in [1.82, 2.24) is 0 Å². The molecule has 0 radical (unpaired) electrons. The van der Waals surface area contributed by atoms with E-state index >= 15 is 0 Å². The molecule has 154 valence electrons. The first-order valence-electron chi connectivity index (χ1n) is 11.6. The van der Waals surface area contributed by atoms with E-state index in [0.717, 1.165) is 0 Å².